The SMILES string of the molecule is C[C@@H](CCO)c1ccc(F)cc1. The molecule has 0 spiro atoms. The van der Waals surface area contributed by atoms with Crippen LogP contribution in [0.2, 0.25) is 0 Å². The molecule has 1 aromatic rings. The molecule has 1 aromatic carbocycles. The number of aliphatic hydroxyl groups excluding tert-OH is 1. The molecule has 0 amide bonds. The van der Waals surface area contributed by atoms with Gasteiger partial charge in [-0.3, -0.25) is 0 Å². The zero-order valence-electron chi connectivity index (χ0n) is 7.13. The maximum atomic E-state index is 12.5. The third kappa shape index (κ3) is 2.31. The largest absolute Gasteiger partial charge is 0.396 e. The van der Waals surface area contributed by atoms with Crippen LogP contribution < -0.4 is 0 Å². The Labute approximate surface area is 71.9 Å². The molecule has 0 aliphatic heterocycles. The van der Waals surface area contributed by atoms with Gasteiger partial charge in [-0.2, -0.15) is 0 Å². The molecule has 0 fully saturated rings. The van der Waals surface area contributed by atoms with Crippen molar-refractivity contribution in [1.82, 2.24) is 0 Å². The first kappa shape index (κ1) is 9.20. The van der Waals surface area contributed by atoms with Crippen molar-refractivity contribution in [2.75, 3.05) is 6.61 Å². The number of halogens is 1. The smallest absolute Gasteiger partial charge is 0.123 e. The lowest BCUT2D eigenvalue weighted by atomic mass is 9.98. The van der Waals surface area contributed by atoms with Crippen LogP contribution >= 0.6 is 0 Å². The Hall–Kier alpha value is -0.890. The van der Waals surface area contributed by atoms with Gasteiger partial charge in [-0.05, 0) is 30.0 Å². The Bertz CT molecular complexity index is 230. The summed E-state index contributed by atoms with van der Waals surface area (Å²) in [7, 11) is 0. The van der Waals surface area contributed by atoms with Gasteiger partial charge in [0.1, 0.15) is 5.82 Å². The molecule has 66 valence electrons. The lowest BCUT2D eigenvalue weighted by molar-refractivity contribution is 0.278. The number of benzene rings is 1. The fourth-order valence-electron chi connectivity index (χ4n) is 1.15. The van der Waals surface area contributed by atoms with Gasteiger partial charge in [-0.1, -0.05) is 19.1 Å². The predicted octanol–water partition coefficient (Wildman–Crippen LogP) is 2.31. The number of aliphatic hydroxyl groups is 1. The number of hydrogen-bond donors (Lipinski definition) is 1. The van der Waals surface area contributed by atoms with Gasteiger partial charge >= 0.3 is 0 Å². The molecule has 1 N–H and O–H groups in total. The van der Waals surface area contributed by atoms with Crippen molar-refractivity contribution >= 4 is 0 Å². The maximum Gasteiger partial charge on any atom is 0.123 e. The molecule has 0 saturated heterocycles. The van der Waals surface area contributed by atoms with E-state index < -0.39 is 0 Å². The summed E-state index contributed by atoms with van der Waals surface area (Å²) in [5.41, 5.74) is 1.07. The molecule has 0 aromatic heterocycles. The van der Waals surface area contributed by atoms with E-state index in [1.54, 1.807) is 12.1 Å². The van der Waals surface area contributed by atoms with Gasteiger partial charge in [0.25, 0.3) is 0 Å². The van der Waals surface area contributed by atoms with E-state index in [0.717, 1.165) is 12.0 Å². The Morgan fingerprint density at radius 2 is 1.92 bits per heavy atom. The topological polar surface area (TPSA) is 20.2 Å². The summed E-state index contributed by atoms with van der Waals surface area (Å²) >= 11 is 0. The van der Waals surface area contributed by atoms with Gasteiger partial charge in [-0.15, -0.1) is 0 Å². The lowest BCUT2D eigenvalue weighted by Crippen LogP contribution is -1.96. The molecule has 0 aliphatic carbocycles. The monoisotopic (exact) mass is 168 g/mol. The Morgan fingerprint density at radius 1 is 1.33 bits per heavy atom. The first-order chi connectivity index (χ1) is 5.74. The van der Waals surface area contributed by atoms with Gasteiger partial charge in [0.05, 0.1) is 0 Å². The van der Waals surface area contributed by atoms with Gasteiger partial charge < -0.3 is 5.11 Å². The first-order valence-electron chi connectivity index (χ1n) is 4.10. The minimum absolute atomic E-state index is 0.179. The zero-order chi connectivity index (χ0) is 8.97. The van der Waals surface area contributed by atoms with Gasteiger partial charge in [-0.25, -0.2) is 4.39 Å². The highest BCUT2D eigenvalue weighted by molar-refractivity contribution is 5.19. The number of hydrogen-bond acceptors (Lipinski definition) is 1. The van der Waals surface area contributed by atoms with E-state index in [4.69, 9.17) is 5.11 Å². The molecule has 12 heavy (non-hydrogen) atoms. The normalized spacial score (nSPS) is 12.9. The van der Waals surface area contributed by atoms with Crippen LogP contribution in [0.1, 0.15) is 24.8 Å². The van der Waals surface area contributed by atoms with Crippen molar-refractivity contribution < 1.29 is 9.50 Å². The van der Waals surface area contributed by atoms with Crippen LogP contribution in [0.25, 0.3) is 0 Å². The fourth-order valence-corrected chi connectivity index (χ4v) is 1.15. The Balaban J connectivity index is 2.68. The van der Waals surface area contributed by atoms with Crippen molar-refractivity contribution in [2.45, 2.75) is 19.3 Å². The molecular formula is C10H13FO. The van der Waals surface area contributed by atoms with Gasteiger partial charge in [0, 0.05) is 6.61 Å². The summed E-state index contributed by atoms with van der Waals surface area (Å²) in [5.74, 6) is 0.0885. The molecule has 0 radical (unpaired) electrons. The zero-order valence-corrected chi connectivity index (χ0v) is 7.13. The van der Waals surface area contributed by atoms with E-state index in [-0.39, 0.29) is 12.4 Å². The average Bonchev–Trinajstić information content (AvgIpc) is 2.06. The van der Waals surface area contributed by atoms with Crippen LogP contribution in [0, 0.1) is 5.82 Å². The highest BCUT2D eigenvalue weighted by atomic mass is 19.1. The van der Waals surface area contributed by atoms with Gasteiger partial charge in [0.2, 0.25) is 0 Å². The van der Waals surface area contributed by atoms with Crippen LogP contribution in [0.5, 0.6) is 0 Å². The van der Waals surface area contributed by atoms with E-state index in [9.17, 15) is 4.39 Å². The molecule has 0 aliphatic rings. The number of rotatable bonds is 3. The Kier molecular flexibility index (Phi) is 3.23. The van der Waals surface area contributed by atoms with Gasteiger partial charge in [0.15, 0.2) is 0 Å². The quantitative estimate of drug-likeness (QED) is 0.734. The van der Waals surface area contributed by atoms with Crippen LogP contribution in [0.15, 0.2) is 24.3 Å². The highest BCUT2D eigenvalue weighted by Crippen LogP contribution is 2.18. The summed E-state index contributed by atoms with van der Waals surface area (Å²) in [6.45, 7) is 2.20. The summed E-state index contributed by atoms with van der Waals surface area (Å²) in [6.07, 6.45) is 0.728. The Morgan fingerprint density at radius 3 is 2.42 bits per heavy atom. The standard InChI is InChI=1S/C10H13FO/c1-8(6-7-12)9-2-4-10(11)5-3-9/h2-5,8,12H,6-7H2,1H3/t8-/m0/s1. The van der Waals surface area contributed by atoms with E-state index in [2.05, 4.69) is 0 Å². The van der Waals surface area contributed by atoms with Crippen LogP contribution in [0.4, 0.5) is 4.39 Å². The lowest BCUT2D eigenvalue weighted by Gasteiger charge is -2.08. The molecule has 0 bridgehead atoms. The third-order valence-corrected chi connectivity index (χ3v) is 2.00. The van der Waals surface area contributed by atoms with E-state index in [0.29, 0.717) is 5.92 Å². The first-order valence-corrected chi connectivity index (χ1v) is 4.10. The van der Waals surface area contributed by atoms with Crippen LogP contribution in [0.3, 0.4) is 0 Å². The van der Waals surface area contributed by atoms with Crippen molar-refractivity contribution in [3.8, 4) is 0 Å². The summed E-state index contributed by atoms with van der Waals surface area (Å²) in [5, 5.41) is 8.68. The van der Waals surface area contributed by atoms with E-state index in [1.807, 2.05) is 6.92 Å². The molecule has 1 atom stereocenters. The molecule has 0 saturated carbocycles. The molecule has 1 nitrogen and oxygen atoms in total. The van der Waals surface area contributed by atoms with E-state index >= 15 is 0 Å². The molecule has 0 unspecified atom stereocenters. The van der Waals surface area contributed by atoms with Crippen molar-refractivity contribution in [2.24, 2.45) is 0 Å². The second-order valence-electron chi connectivity index (χ2n) is 2.96. The van der Waals surface area contributed by atoms with Crippen molar-refractivity contribution in [3.63, 3.8) is 0 Å². The van der Waals surface area contributed by atoms with E-state index in [1.165, 1.54) is 12.1 Å². The molecule has 2 heteroatoms. The molecule has 0 heterocycles. The van der Waals surface area contributed by atoms with Crippen molar-refractivity contribution in [3.05, 3.63) is 35.6 Å². The third-order valence-electron chi connectivity index (χ3n) is 2.00. The fraction of sp³-hybridized carbons (Fsp3) is 0.400. The highest BCUT2D eigenvalue weighted by Gasteiger charge is 2.03. The maximum absolute atomic E-state index is 12.5. The van der Waals surface area contributed by atoms with Crippen LogP contribution in [-0.4, -0.2) is 11.7 Å². The summed E-state index contributed by atoms with van der Waals surface area (Å²) in [4.78, 5) is 0. The average molecular weight is 168 g/mol. The second-order valence-corrected chi connectivity index (χ2v) is 2.96. The second kappa shape index (κ2) is 4.21. The minimum atomic E-state index is -0.213. The van der Waals surface area contributed by atoms with Crippen LogP contribution in [-0.2, 0) is 0 Å². The summed E-state index contributed by atoms with van der Waals surface area (Å²) < 4.78 is 12.5. The van der Waals surface area contributed by atoms with Crippen molar-refractivity contribution in [1.29, 1.82) is 0 Å². The minimum Gasteiger partial charge on any atom is -0.396 e. The summed E-state index contributed by atoms with van der Waals surface area (Å²) in [6, 6.07) is 6.41. The predicted molar refractivity (Wildman–Crippen MR) is 46.5 cm³/mol. The molecule has 1 rings (SSSR count). The molecular weight excluding hydrogens is 155 g/mol.